The van der Waals surface area contributed by atoms with Crippen molar-refractivity contribution in [3.05, 3.63) is 93.0 Å². The molecule has 0 aromatic heterocycles. The highest BCUT2D eigenvalue weighted by Crippen LogP contribution is 2.25. The van der Waals surface area contributed by atoms with Gasteiger partial charge in [0.25, 0.3) is 11.8 Å². The summed E-state index contributed by atoms with van der Waals surface area (Å²) in [5, 5.41) is 0. The Balaban J connectivity index is 0.000000236. The van der Waals surface area contributed by atoms with E-state index >= 15 is 0 Å². The Hall–Kier alpha value is -3.60. The molecule has 0 fully saturated rings. The quantitative estimate of drug-likeness (QED) is 0.349. The predicted molar refractivity (Wildman–Crippen MR) is 144 cm³/mol. The van der Waals surface area contributed by atoms with Crippen LogP contribution in [-0.2, 0) is 0 Å². The average molecular weight is 488 g/mol. The van der Waals surface area contributed by atoms with E-state index in [1.54, 1.807) is 24.3 Å². The van der Waals surface area contributed by atoms with Crippen LogP contribution in [0.1, 0.15) is 67.4 Å². The zero-order chi connectivity index (χ0) is 26.4. The van der Waals surface area contributed by atoms with Gasteiger partial charge in [-0.15, -0.1) is 0 Å². The lowest BCUT2D eigenvalue weighted by Gasteiger charge is -2.16. The van der Waals surface area contributed by atoms with E-state index in [1.165, 1.54) is 27.2 Å². The number of carbonyl (C=O) groups is 2. The average Bonchev–Trinajstić information content (AvgIpc) is 3.09. The number of fused-ring (bicyclic) bond motifs is 1. The fourth-order valence-corrected chi connectivity index (χ4v) is 4.08. The molecule has 0 radical (unpaired) electrons. The topological polar surface area (TPSA) is 55.8 Å². The molecule has 0 N–H and O–H groups in total. The second-order valence-electron chi connectivity index (χ2n) is 9.41. The highest BCUT2D eigenvalue weighted by molar-refractivity contribution is 6.21. The zero-order valence-electron chi connectivity index (χ0n) is 22.5. The molecule has 0 saturated heterocycles. The van der Waals surface area contributed by atoms with Crippen LogP contribution in [0, 0.1) is 41.5 Å². The van der Waals surface area contributed by atoms with Crippen LogP contribution in [0.2, 0.25) is 0 Å². The van der Waals surface area contributed by atoms with Crippen LogP contribution in [0.3, 0.4) is 0 Å². The lowest BCUT2D eigenvalue weighted by molar-refractivity contribution is 0.0631. The van der Waals surface area contributed by atoms with Gasteiger partial charge in [0, 0.05) is 0 Å². The van der Waals surface area contributed by atoms with Crippen molar-refractivity contribution < 1.29 is 19.1 Å². The van der Waals surface area contributed by atoms with Gasteiger partial charge in [-0.2, -0.15) is 0 Å². The lowest BCUT2D eigenvalue weighted by Crippen LogP contribution is -2.33. The summed E-state index contributed by atoms with van der Waals surface area (Å²) in [5.41, 5.74) is 8.24. The summed E-state index contributed by atoms with van der Waals surface area (Å²) >= 11 is 0. The Morgan fingerprint density at radius 1 is 0.611 bits per heavy atom. The van der Waals surface area contributed by atoms with Crippen LogP contribution in [0.5, 0.6) is 11.5 Å². The van der Waals surface area contributed by atoms with E-state index in [0.717, 1.165) is 35.7 Å². The molecule has 36 heavy (non-hydrogen) atoms. The van der Waals surface area contributed by atoms with Crippen molar-refractivity contribution in [2.75, 3.05) is 19.8 Å². The summed E-state index contributed by atoms with van der Waals surface area (Å²) < 4.78 is 11.4. The molecule has 1 aliphatic rings. The maximum absolute atomic E-state index is 12.3. The third kappa shape index (κ3) is 6.14. The molecule has 190 valence electrons. The molecule has 0 saturated carbocycles. The van der Waals surface area contributed by atoms with E-state index < -0.39 is 0 Å². The normalized spacial score (nSPS) is 12.2. The molecule has 3 aromatic rings. The number of hydrogen-bond acceptors (Lipinski definition) is 4. The largest absolute Gasteiger partial charge is 0.493 e. The van der Waals surface area contributed by atoms with Gasteiger partial charge in [0.05, 0.1) is 24.3 Å². The molecule has 0 bridgehead atoms. The summed E-state index contributed by atoms with van der Waals surface area (Å²) in [4.78, 5) is 25.8. The molecule has 4 rings (SSSR count). The molecule has 1 aliphatic heterocycles. The van der Waals surface area contributed by atoms with Gasteiger partial charge in [-0.05, 0) is 106 Å². The number of amides is 2. The molecular formula is C31H37NO4. The summed E-state index contributed by atoms with van der Waals surface area (Å²) in [6.45, 7) is 15.9. The van der Waals surface area contributed by atoms with Crippen LogP contribution in [0.15, 0.2) is 48.5 Å². The van der Waals surface area contributed by atoms with E-state index in [9.17, 15) is 9.59 Å². The molecule has 2 amide bonds. The van der Waals surface area contributed by atoms with E-state index in [4.69, 9.17) is 9.47 Å². The minimum Gasteiger partial charge on any atom is -0.493 e. The molecule has 0 atom stereocenters. The number of imide groups is 1. The maximum Gasteiger partial charge on any atom is 0.261 e. The van der Waals surface area contributed by atoms with E-state index in [2.05, 4.69) is 52.8 Å². The summed E-state index contributed by atoms with van der Waals surface area (Å²) in [6.07, 6.45) is 1.06. The smallest absolute Gasteiger partial charge is 0.261 e. The Kier molecular flexibility index (Phi) is 8.92. The van der Waals surface area contributed by atoms with Crippen molar-refractivity contribution in [2.45, 2.75) is 54.9 Å². The molecule has 0 spiro atoms. The number of rotatable bonds is 7. The Morgan fingerprint density at radius 3 is 1.47 bits per heavy atom. The summed E-state index contributed by atoms with van der Waals surface area (Å²) in [6, 6.07) is 15.3. The van der Waals surface area contributed by atoms with Crippen LogP contribution in [0.25, 0.3) is 0 Å². The summed E-state index contributed by atoms with van der Waals surface area (Å²) in [7, 11) is 0. The highest BCUT2D eigenvalue weighted by atomic mass is 16.5. The number of carbonyl (C=O) groups excluding carboxylic acids is 2. The molecule has 3 aromatic carbocycles. The van der Waals surface area contributed by atoms with E-state index in [1.807, 2.05) is 19.9 Å². The van der Waals surface area contributed by atoms with Crippen LogP contribution >= 0.6 is 0 Å². The van der Waals surface area contributed by atoms with E-state index in [-0.39, 0.29) is 25.0 Å². The van der Waals surface area contributed by atoms with E-state index in [0.29, 0.717) is 11.1 Å². The first kappa shape index (κ1) is 27.0. The Bertz CT molecular complexity index is 1230. The zero-order valence-corrected chi connectivity index (χ0v) is 22.5. The van der Waals surface area contributed by atoms with Gasteiger partial charge in [-0.3, -0.25) is 14.5 Å². The fourth-order valence-electron chi connectivity index (χ4n) is 4.08. The van der Waals surface area contributed by atoms with Gasteiger partial charge < -0.3 is 9.47 Å². The van der Waals surface area contributed by atoms with Gasteiger partial charge in [-0.1, -0.05) is 31.2 Å². The Morgan fingerprint density at radius 2 is 1.03 bits per heavy atom. The fraction of sp³-hybridized carbons (Fsp3) is 0.355. The van der Waals surface area contributed by atoms with Crippen molar-refractivity contribution in [1.29, 1.82) is 0 Å². The van der Waals surface area contributed by atoms with Crippen molar-refractivity contribution in [3.63, 3.8) is 0 Å². The second-order valence-corrected chi connectivity index (χ2v) is 9.41. The number of aryl methyl sites for hydroxylation is 6. The molecule has 0 aliphatic carbocycles. The number of benzene rings is 3. The van der Waals surface area contributed by atoms with Crippen LogP contribution in [-0.4, -0.2) is 36.5 Å². The highest BCUT2D eigenvalue weighted by Gasteiger charge is 2.34. The Labute approximate surface area is 215 Å². The van der Waals surface area contributed by atoms with Crippen LogP contribution < -0.4 is 9.47 Å². The molecular weight excluding hydrogens is 450 g/mol. The van der Waals surface area contributed by atoms with Gasteiger partial charge in [0.1, 0.15) is 18.1 Å². The molecule has 5 nitrogen and oxygen atoms in total. The van der Waals surface area contributed by atoms with Gasteiger partial charge in [-0.25, -0.2) is 0 Å². The van der Waals surface area contributed by atoms with Gasteiger partial charge >= 0.3 is 0 Å². The van der Waals surface area contributed by atoms with Gasteiger partial charge in [0.15, 0.2) is 0 Å². The van der Waals surface area contributed by atoms with Crippen molar-refractivity contribution in [3.8, 4) is 11.5 Å². The third-order valence-electron chi connectivity index (χ3n) is 6.49. The molecule has 1 heterocycles. The molecule has 5 heteroatoms. The van der Waals surface area contributed by atoms with Crippen molar-refractivity contribution in [1.82, 2.24) is 4.90 Å². The maximum atomic E-state index is 12.3. The first-order chi connectivity index (χ1) is 17.1. The summed E-state index contributed by atoms with van der Waals surface area (Å²) in [5.74, 6) is 1.34. The number of hydrogen-bond donors (Lipinski definition) is 0. The van der Waals surface area contributed by atoms with Crippen molar-refractivity contribution in [2.24, 2.45) is 0 Å². The standard InChI is InChI=1S/C19H19NO3.C12H18O/c1-12-10-14(3)17(11-13(12)2)23-9-8-20-18(21)15-6-4-5-7-16(15)19(20)22;1-5-6-13-12-8-10(3)9(2)7-11(12)4/h4-7,10-11H,8-9H2,1-3H3;7-8H,5-6H2,1-4H3. The first-order valence-corrected chi connectivity index (χ1v) is 12.5. The second kappa shape index (κ2) is 11.9. The first-order valence-electron chi connectivity index (χ1n) is 12.5. The van der Waals surface area contributed by atoms with Gasteiger partial charge in [0.2, 0.25) is 0 Å². The monoisotopic (exact) mass is 487 g/mol. The van der Waals surface area contributed by atoms with Crippen molar-refractivity contribution >= 4 is 11.8 Å². The number of nitrogens with zero attached hydrogens (tertiary/aromatic N) is 1. The third-order valence-corrected chi connectivity index (χ3v) is 6.49. The number of ether oxygens (including phenoxy) is 2. The molecule has 0 unspecified atom stereocenters. The predicted octanol–water partition coefficient (Wildman–Crippen LogP) is 6.69. The SMILES string of the molecule is CCCOc1cc(C)c(C)cc1C.Cc1cc(C)c(OCCN2C(=O)c3ccccc3C2=O)cc1C. The lowest BCUT2D eigenvalue weighted by atomic mass is 10.1. The minimum atomic E-state index is -0.244. The minimum absolute atomic E-state index is 0.244. The van der Waals surface area contributed by atoms with Crippen LogP contribution in [0.4, 0.5) is 0 Å².